The van der Waals surface area contributed by atoms with Crippen LogP contribution in [0.4, 0.5) is 0 Å². The predicted molar refractivity (Wildman–Crippen MR) is 145 cm³/mol. The number of ketones is 1. The Bertz CT molecular complexity index is 1270. The number of rotatable bonds is 9. The highest BCUT2D eigenvalue weighted by molar-refractivity contribution is 6.46. The molecular formula is C30H36N2O7. The molecule has 3 aliphatic rings. The van der Waals surface area contributed by atoms with E-state index in [1.54, 1.807) is 23.1 Å². The normalized spacial score (nSPS) is 22.6. The van der Waals surface area contributed by atoms with Crippen molar-refractivity contribution in [2.75, 3.05) is 52.6 Å². The van der Waals surface area contributed by atoms with Crippen LogP contribution in [0, 0.1) is 0 Å². The molecule has 9 heteroatoms. The number of carbonyl (C=O) groups excluding carboxylic acids is 2. The number of Topliss-reactive ketones (excluding diaryl/α,β-unsaturated/α-hetero) is 1. The lowest BCUT2D eigenvalue weighted by molar-refractivity contribution is -0.140. The third kappa shape index (κ3) is 5.46. The van der Waals surface area contributed by atoms with Crippen LogP contribution in [-0.2, 0) is 20.7 Å². The summed E-state index contributed by atoms with van der Waals surface area (Å²) < 4.78 is 22.8. The highest BCUT2D eigenvalue weighted by Crippen LogP contribution is 2.42. The number of fused-ring (bicyclic) bond motifs is 1. The first-order valence-corrected chi connectivity index (χ1v) is 13.7. The van der Waals surface area contributed by atoms with E-state index in [2.05, 4.69) is 4.90 Å². The molecule has 5 rings (SSSR count). The van der Waals surface area contributed by atoms with Crippen molar-refractivity contribution in [3.8, 4) is 17.2 Å². The molecule has 2 fully saturated rings. The van der Waals surface area contributed by atoms with Gasteiger partial charge in [-0.05, 0) is 62.2 Å². The van der Waals surface area contributed by atoms with Gasteiger partial charge in [-0.25, -0.2) is 0 Å². The number of carbonyl (C=O) groups is 2. The molecule has 1 amide bonds. The summed E-state index contributed by atoms with van der Waals surface area (Å²) in [7, 11) is 0. The molecule has 2 atom stereocenters. The number of morpholine rings is 1. The largest absolute Gasteiger partial charge is 0.507 e. The molecule has 3 aliphatic heterocycles. The van der Waals surface area contributed by atoms with Gasteiger partial charge in [-0.2, -0.15) is 0 Å². The third-order valence-corrected chi connectivity index (χ3v) is 7.35. The van der Waals surface area contributed by atoms with Crippen molar-refractivity contribution < 1.29 is 33.6 Å². The van der Waals surface area contributed by atoms with Crippen molar-refractivity contribution in [3.63, 3.8) is 0 Å². The molecular weight excluding hydrogens is 500 g/mol. The Hall–Kier alpha value is -3.56. The number of aliphatic hydroxyl groups is 1. The summed E-state index contributed by atoms with van der Waals surface area (Å²) in [4.78, 5) is 30.7. The number of amides is 1. The van der Waals surface area contributed by atoms with Crippen molar-refractivity contribution in [1.29, 1.82) is 0 Å². The molecule has 1 N–H and O–H groups in total. The van der Waals surface area contributed by atoms with Crippen molar-refractivity contribution in [3.05, 3.63) is 58.7 Å². The number of likely N-dealkylation sites (tertiary alicyclic amines) is 1. The van der Waals surface area contributed by atoms with Crippen LogP contribution in [0.1, 0.15) is 43.5 Å². The van der Waals surface area contributed by atoms with E-state index in [4.69, 9.17) is 18.9 Å². The van der Waals surface area contributed by atoms with Crippen LogP contribution in [0.25, 0.3) is 5.76 Å². The van der Waals surface area contributed by atoms with Crippen LogP contribution < -0.4 is 14.2 Å². The van der Waals surface area contributed by atoms with Gasteiger partial charge < -0.3 is 29.0 Å². The average molecular weight is 537 g/mol. The fourth-order valence-corrected chi connectivity index (χ4v) is 5.49. The van der Waals surface area contributed by atoms with Gasteiger partial charge in [-0.3, -0.25) is 14.5 Å². The van der Waals surface area contributed by atoms with Gasteiger partial charge >= 0.3 is 0 Å². The number of aliphatic hydroxyl groups excluding tert-OH is 1. The fraction of sp³-hybridized carbons (Fsp3) is 0.467. The minimum absolute atomic E-state index is 0.0454. The SMILES string of the molecule is CCOc1ccc([C@@H]2C(=C(O)c3ccc4c(c3)C[C@@H](C)O4)C(=O)C(=O)N2CCN2CCOCC2)cc1OCC. The van der Waals surface area contributed by atoms with Crippen molar-refractivity contribution >= 4 is 17.4 Å². The van der Waals surface area contributed by atoms with E-state index in [-0.39, 0.29) is 17.4 Å². The summed E-state index contributed by atoms with van der Waals surface area (Å²) in [6.45, 7) is 10.4. The molecule has 208 valence electrons. The maximum atomic E-state index is 13.5. The zero-order chi connectivity index (χ0) is 27.5. The zero-order valence-electron chi connectivity index (χ0n) is 22.8. The number of benzene rings is 2. The monoisotopic (exact) mass is 536 g/mol. The summed E-state index contributed by atoms with van der Waals surface area (Å²) in [6.07, 6.45) is 0.758. The molecule has 0 bridgehead atoms. The molecule has 9 nitrogen and oxygen atoms in total. The molecule has 2 aromatic rings. The van der Waals surface area contributed by atoms with Gasteiger partial charge in [0.1, 0.15) is 17.6 Å². The summed E-state index contributed by atoms with van der Waals surface area (Å²) in [6, 6.07) is 10.0. The predicted octanol–water partition coefficient (Wildman–Crippen LogP) is 3.56. The Labute approximate surface area is 228 Å². The highest BCUT2D eigenvalue weighted by Gasteiger charge is 2.46. The second-order valence-electron chi connectivity index (χ2n) is 9.97. The van der Waals surface area contributed by atoms with E-state index in [1.165, 1.54) is 0 Å². The van der Waals surface area contributed by atoms with Crippen molar-refractivity contribution in [2.24, 2.45) is 0 Å². The molecule has 3 heterocycles. The molecule has 0 saturated carbocycles. The van der Waals surface area contributed by atoms with Gasteiger partial charge in [0.25, 0.3) is 11.7 Å². The second kappa shape index (κ2) is 11.7. The third-order valence-electron chi connectivity index (χ3n) is 7.35. The molecule has 2 saturated heterocycles. The maximum Gasteiger partial charge on any atom is 0.295 e. The first-order chi connectivity index (χ1) is 18.9. The molecule has 0 radical (unpaired) electrons. The van der Waals surface area contributed by atoms with Gasteiger partial charge in [0.2, 0.25) is 0 Å². The number of hydrogen-bond donors (Lipinski definition) is 1. The lowest BCUT2D eigenvalue weighted by atomic mass is 9.94. The second-order valence-corrected chi connectivity index (χ2v) is 9.97. The van der Waals surface area contributed by atoms with Crippen LogP contribution in [0.2, 0.25) is 0 Å². The van der Waals surface area contributed by atoms with Gasteiger partial charge in [0.05, 0.1) is 38.0 Å². The Kier molecular flexibility index (Phi) is 8.09. The van der Waals surface area contributed by atoms with Crippen LogP contribution in [0.3, 0.4) is 0 Å². The van der Waals surface area contributed by atoms with E-state index >= 15 is 0 Å². The van der Waals surface area contributed by atoms with Crippen molar-refractivity contribution in [2.45, 2.75) is 39.3 Å². The van der Waals surface area contributed by atoms with E-state index in [9.17, 15) is 14.7 Å². The Morgan fingerprint density at radius 1 is 1.00 bits per heavy atom. The molecule has 0 unspecified atom stereocenters. The highest BCUT2D eigenvalue weighted by atomic mass is 16.5. The average Bonchev–Trinajstić information content (AvgIpc) is 3.44. The van der Waals surface area contributed by atoms with E-state index in [0.717, 1.165) is 24.4 Å². The van der Waals surface area contributed by atoms with Crippen LogP contribution in [0.5, 0.6) is 17.2 Å². The van der Waals surface area contributed by atoms with Crippen LogP contribution >= 0.6 is 0 Å². The summed E-state index contributed by atoms with van der Waals surface area (Å²) in [5.41, 5.74) is 2.19. The minimum Gasteiger partial charge on any atom is -0.507 e. The topological polar surface area (TPSA) is 97.8 Å². The quantitative estimate of drug-likeness (QED) is 0.295. The number of hydrogen-bond acceptors (Lipinski definition) is 8. The fourth-order valence-electron chi connectivity index (χ4n) is 5.49. The van der Waals surface area contributed by atoms with Crippen molar-refractivity contribution in [1.82, 2.24) is 9.80 Å². The van der Waals surface area contributed by atoms with Gasteiger partial charge in [-0.15, -0.1) is 0 Å². The zero-order valence-corrected chi connectivity index (χ0v) is 22.8. The summed E-state index contributed by atoms with van der Waals surface area (Å²) >= 11 is 0. The van der Waals surface area contributed by atoms with Gasteiger partial charge in [-0.1, -0.05) is 6.07 Å². The van der Waals surface area contributed by atoms with Crippen LogP contribution in [-0.4, -0.2) is 85.3 Å². The summed E-state index contributed by atoms with van der Waals surface area (Å²) in [5.74, 6) is 0.368. The lowest BCUT2D eigenvalue weighted by Crippen LogP contribution is -2.42. The smallest absolute Gasteiger partial charge is 0.295 e. The lowest BCUT2D eigenvalue weighted by Gasteiger charge is -2.31. The van der Waals surface area contributed by atoms with E-state index in [1.807, 2.05) is 39.0 Å². The number of nitrogens with zero attached hydrogens (tertiary/aromatic N) is 2. The minimum atomic E-state index is -0.774. The van der Waals surface area contributed by atoms with Gasteiger partial charge in [0.15, 0.2) is 11.5 Å². The molecule has 0 spiro atoms. The molecule has 0 aromatic heterocycles. The Morgan fingerprint density at radius 2 is 1.74 bits per heavy atom. The first-order valence-electron chi connectivity index (χ1n) is 13.7. The van der Waals surface area contributed by atoms with E-state index < -0.39 is 17.7 Å². The molecule has 39 heavy (non-hydrogen) atoms. The standard InChI is InChI=1S/C30H36N2O7/c1-4-37-24-9-6-20(18-25(24)38-5-2)27-26(28(33)21-7-8-23-22(17-21)16-19(3)39-23)29(34)30(35)32(27)11-10-31-12-14-36-15-13-31/h6-9,17-19,27,33H,4-5,10-16H2,1-3H3/t19-,27-/m1/s1. The Morgan fingerprint density at radius 3 is 2.49 bits per heavy atom. The molecule has 2 aromatic carbocycles. The molecule has 0 aliphatic carbocycles. The summed E-state index contributed by atoms with van der Waals surface area (Å²) in [5, 5.41) is 11.5. The Balaban J connectivity index is 1.57. The van der Waals surface area contributed by atoms with Gasteiger partial charge in [0, 0.05) is 38.2 Å². The van der Waals surface area contributed by atoms with E-state index in [0.29, 0.717) is 68.6 Å². The number of ether oxygens (including phenoxy) is 4. The first kappa shape index (κ1) is 27.0. The maximum absolute atomic E-state index is 13.5. The van der Waals surface area contributed by atoms with Crippen LogP contribution in [0.15, 0.2) is 42.0 Å².